The quantitative estimate of drug-likeness (QED) is 0.812. The standard InChI is InChI=1S/C16H25N3O2/c1-3-4-10-21-13(2)16(20)19-9-8-18-12-15(19)14-6-5-7-17-11-14/h5-7,11,13,15,18H,3-4,8-10,12H2,1-2H3. The number of amides is 1. The second kappa shape index (κ2) is 8.10. The number of hydrogen-bond acceptors (Lipinski definition) is 4. The Morgan fingerprint density at radius 3 is 3.19 bits per heavy atom. The molecule has 0 aliphatic carbocycles. The van der Waals surface area contributed by atoms with E-state index in [0.717, 1.165) is 31.5 Å². The smallest absolute Gasteiger partial charge is 0.252 e. The van der Waals surface area contributed by atoms with E-state index in [4.69, 9.17) is 4.74 Å². The van der Waals surface area contributed by atoms with Crippen LogP contribution in [0, 0.1) is 0 Å². The lowest BCUT2D eigenvalue weighted by atomic mass is 10.0. The third-order valence-electron chi connectivity index (χ3n) is 3.81. The lowest BCUT2D eigenvalue weighted by Gasteiger charge is -2.37. The molecule has 0 saturated carbocycles. The molecule has 5 nitrogen and oxygen atoms in total. The molecule has 2 rings (SSSR count). The predicted molar refractivity (Wildman–Crippen MR) is 81.9 cm³/mol. The van der Waals surface area contributed by atoms with Crippen molar-refractivity contribution >= 4 is 5.91 Å². The second-order valence-corrected chi connectivity index (χ2v) is 5.40. The van der Waals surface area contributed by atoms with Crippen molar-refractivity contribution < 1.29 is 9.53 Å². The largest absolute Gasteiger partial charge is 0.369 e. The second-order valence-electron chi connectivity index (χ2n) is 5.40. The summed E-state index contributed by atoms with van der Waals surface area (Å²) >= 11 is 0. The molecule has 0 radical (unpaired) electrons. The molecule has 2 unspecified atom stereocenters. The molecule has 1 aliphatic heterocycles. The van der Waals surface area contributed by atoms with Gasteiger partial charge in [-0.2, -0.15) is 0 Å². The van der Waals surface area contributed by atoms with Crippen LogP contribution in [-0.4, -0.2) is 48.1 Å². The van der Waals surface area contributed by atoms with Crippen molar-refractivity contribution in [1.29, 1.82) is 0 Å². The van der Waals surface area contributed by atoms with E-state index < -0.39 is 0 Å². The number of pyridine rings is 1. The molecule has 1 aliphatic rings. The van der Waals surface area contributed by atoms with Gasteiger partial charge in [0.2, 0.25) is 0 Å². The van der Waals surface area contributed by atoms with E-state index in [-0.39, 0.29) is 18.1 Å². The third kappa shape index (κ3) is 4.25. The van der Waals surface area contributed by atoms with Gasteiger partial charge in [-0.05, 0) is 25.0 Å². The van der Waals surface area contributed by atoms with E-state index in [0.29, 0.717) is 13.2 Å². The van der Waals surface area contributed by atoms with E-state index in [1.54, 1.807) is 6.20 Å². The van der Waals surface area contributed by atoms with Crippen LogP contribution in [0.2, 0.25) is 0 Å². The summed E-state index contributed by atoms with van der Waals surface area (Å²) in [5, 5.41) is 3.35. The lowest BCUT2D eigenvalue weighted by molar-refractivity contribution is -0.146. The Hall–Kier alpha value is -1.46. The van der Waals surface area contributed by atoms with Gasteiger partial charge in [0.05, 0.1) is 6.04 Å². The Labute approximate surface area is 126 Å². The zero-order chi connectivity index (χ0) is 15.1. The molecule has 21 heavy (non-hydrogen) atoms. The molecule has 1 aromatic rings. The molecule has 2 atom stereocenters. The first kappa shape index (κ1) is 15.9. The molecular weight excluding hydrogens is 266 g/mol. The molecule has 1 fully saturated rings. The van der Waals surface area contributed by atoms with E-state index in [9.17, 15) is 4.79 Å². The summed E-state index contributed by atoms with van der Waals surface area (Å²) in [4.78, 5) is 18.7. The van der Waals surface area contributed by atoms with Crippen LogP contribution in [0.15, 0.2) is 24.5 Å². The maximum Gasteiger partial charge on any atom is 0.252 e. The van der Waals surface area contributed by atoms with Gasteiger partial charge in [-0.15, -0.1) is 0 Å². The third-order valence-corrected chi connectivity index (χ3v) is 3.81. The van der Waals surface area contributed by atoms with Gasteiger partial charge in [0.25, 0.3) is 5.91 Å². The van der Waals surface area contributed by atoms with Crippen LogP contribution < -0.4 is 5.32 Å². The molecule has 1 N–H and O–H groups in total. The van der Waals surface area contributed by atoms with Crippen molar-refractivity contribution in [2.24, 2.45) is 0 Å². The van der Waals surface area contributed by atoms with Crippen molar-refractivity contribution in [2.75, 3.05) is 26.2 Å². The van der Waals surface area contributed by atoms with E-state index >= 15 is 0 Å². The van der Waals surface area contributed by atoms with Gasteiger partial charge in [0.15, 0.2) is 0 Å². The number of piperazine rings is 1. The zero-order valence-corrected chi connectivity index (χ0v) is 12.9. The van der Waals surface area contributed by atoms with Crippen molar-refractivity contribution in [3.8, 4) is 0 Å². The van der Waals surface area contributed by atoms with Gasteiger partial charge in [0, 0.05) is 38.6 Å². The predicted octanol–water partition coefficient (Wildman–Crippen LogP) is 1.76. The Morgan fingerprint density at radius 2 is 2.48 bits per heavy atom. The molecule has 0 aromatic carbocycles. The number of aromatic nitrogens is 1. The van der Waals surface area contributed by atoms with Gasteiger partial charge >= 0.3 is 0 Å². The molecule has 116 valence electrons. The zero-order valence-electron chi connectivity index (χ0n) is 12.9. The van der Waals surface area contributed by atoms with Crippen LogP contribution in [0.25, 0.3) is 0 Å². The van der Waals surface area contributed by atoms with Crippen molar-refractivity contribution in [3.05, 3.63) is 30.1 Å². The molecule has 1 amide bonds. The molecule has 5 heteroatoms. The fourth-order valence-corrected chi connectivity index (χ4v) is 2.55. The fraction of sp³-hybridized carbons (Fsp3) is 0.625. The Morgan fingerprint density at radius 1 is 1.62 bits per heavy atom. The normalized spacial score (nSPS) is 20.3. The monoisotopic (exact) mass is 291 g/mol. The Kier molecular flexibility index (Phi) is 6.14. The summed E-state index contributed by atoms with van der Waals surface area (Å²) in [5.74, 6) is 0.0708. The van der Waals surface area contributed by atoms with Gasteiger partial charge in [-0.1, -0.05) is 19.4 Å². The Bertz CT molecular complexity index is 438. The minimum absolute atomic E-state index is 0.0391. The van der Waals surface area contributed by atoms with Crippen LogP contribution in [-0.2, 0) is 9.53 Å². The average Bonchev–Trinajstić information content (AvgIpc) is 2.55. The summed E-state index contributed by atoms with van der Waals surface area (Å²) in [7, 11) is 0. The van der Waals surface area contributed by atoms with Crippen LogP contribution >= 0.6 is 0 Å². The maximum absolute atomic E-state index is 12.6. The van der Waals surface area contributed by atoms with Crippen LogP contribution in [0.1, 0.15) is 38.3 Å². The first-order valence-electron chi connectivity index (χ1n) is 7.76. The van der Waals surface area contributed by atoms with Crippen LogP contribution in [0.4, 0.5) is 0 Å². The molecular formula is C16H25N3O2. The van der Waals surface area contributed by atoms with Gasteiger partial charge < -0.3 is 15.0 Å². The number of carbonyl (C=O) groups excluding carboxylic acids is 1. The summed E-state index contributed by atoms with van der Waals surface area (Å²) in [5.41, 5.74) is 1.07. The van der Waals surface area contributed by atoms with E-state index in [2.05, 4.69) is 17.2 Å². The highest BCUT2D eigenvalue weighted by Gasteiger charge is 2.30. The lowest BCUT2D eigenvalue weighted by Crippen LogP contribution is -2.51. The highest BCUT2D eigenvalue weighted by molar-refractivity contribution is 5.81. The average molecular weight is 291 g/mol. The number of ether oxygens (including phenoxy) is 1. The molecule has 2 heterocycles. The topological polar surface area (TPSA) is 54.5 Å². The number of hydrogen-bond donors (Lipinski definition) is 1. The van der Waals surface area contributed by atoms with Crippen LogP contribution in [0.3, 0.4) is 0 Å². The molecule has 0 bridgehead atoms. The van der Waals surface area contributed by atoms with Gasteiger partial charge in [0.1, 0.15) is 6.10 Å². The first-order chi connectivity index (χ1) is 10.2. The number of carbonyl (C=O) groups is 1. The summed E-state index contributed by atoms with van der Waals surface area (Å²) in [6.45, 7) is 6.90. The van der Waals surface area contributed by atoms with Crippen LogP contribution in [0.5, 0.6) is 0 Å². The number of nitrogens with one attached hydrogen (secondary N) is 1. The summed E-state index contributed by atoms with van der Waals surface area (Å²) in [6.07, 6.45) is 5.27. The van der Waals surface area contributed by atoms with Crippen molar-refractivity contribution in [2.45, 2.75) is 38.8 Å². The van der Waals surface area contributed by atoms with E-state index in [1.807, 2.05) is 30.2 Å². The minimum Gasteiger partial charge on any atom is -0.369 e. The number of rotatable bonds is 6. The highest BCUT2D eigenvalue weighted by atomic mass is 16.5. The highest BCUT2D eigenvalue weighted by Crippen LogP contribution is 2.22. The molecule has 1 aromatic heterocycles. The summed E-state index contributed by atoms with van der Waals surface area (Å²) < 4.78 is 5.65. The fourth-order valence-electron chi connectivity index (χ4n) is 2.55. The van der Waals surface area contributed by atoms with Gasteiger partial charge in [-0.3, -0.25) is 9.78 Å². The summed E-state index contributed by atoms with van der Waals surface area (Å²) in [6, 6.07) is 3.97. The van der Waals surface area contributed by atoms with E-state index in [1.165, 1.54) is 0 Å². The first-order valence-corrected chi connectivity index (χ1v) is 7.76. The van der Waals surface area contributed by atoms with Crippen molar-refractivity contribution in [3.63, 3.8) is 0 Å². The Balaban J connectivity index is 2.02. The van der Waals surface area contributed by atoms with Crippen molar-refractivity contribution in [1.82, 2.24) is 15.2 Å². The molecule has 1 saturated heterocycles. The molecule has 0 spiro atoms. The number of unbranched alkanes of at least 4 members (excludes halogenated alkanes) is 1. The SMILES string of the molecule is CCCCOC(C)C(=O)N1CCNCC1c1cccnc1. The number of nitrogens with zero attached hydrogens (tertiary/aromatic N) is 2. The van der Waals surface area contributed by atoms with Gasteiger partial charge in [-0.25, -0.2) is 0 Å². The minimum atomic E-state index is -0.381. The maximum atomic E-state index is 12.6.